The van der Waals surface area contributed by atoms with Gasteiger partial charge in [0.15, 0.2) is 0 Å². The van der Waals surface area contributed by atoms with Crippen LogP contribution in [0.25, 0.3) is 5.52 Å². The number of nitrogens with zero attached hydrogens (tertiary/aromatic N) is 2. The van der Waals surface area contributed by atoms with E-state index in [2.05, 4.69) is 18.8 Å². The minimum Gasteiger partial charge on any atom is -0.325 e. The van der Waals surface area contributed by atoms with Crippen LogP contribution >= 0.6 is 11.6 Å². The van der Waals surface area contributed by atoms with Gasteiger partial charge in [-0.05, 0) is 18.1 Å². The van der Waals surface area contributed by atoms with Gasteiger partial charge in [0.1, 0.15) is 5.82 Å². The Morgan fingerprint density at radius 1 is 1.44 bits per heavy atom. The van der Waals surface area contributed by atoms with Crippen molar-refractivity contribution in [3.8, 4) is 0 Å². The van der Waals surface area contributed by atoms with E-state index in [-0.39, 0.29) is 0 Å². The van der Waals surface area contributed by atoms with E-state index in [1.54, 1.807) is 0 Å². The molecule has 0 amide bonds. The smallest absolute Gasteiger partial charge is 0.113 e. The van der Waals surface area contributed by atoms with Crippen LogP contribution < -0.4 is 5.73 Å². The first kappa shape index (κ1) is 11.4. The molecule has 0 radical (unpaired) electrons. The highest BCUT2D eigenvalue weighted by molar-refractivity contribution is 6.30. The van der Waals surface area contributed by atoms with Crippen molar-refractivity contribution in [1.29, 1.82) is 0 Å². The molecule has 0 fully saturated rings. The number of halogens is 1. The average molecular weight is 238 g/mol. The van der Waals surface area contributed by atoms with Crippen molar-refractivity contribution in [3.63, 3.8) is 0 Å². The van der Waals surface area contributed by atoms with Gasteiger partial charge in [-0.1, -0.05) is 25.4 Å². The quantitative estimate of drug-likeness (QED) is 0.892. The molecule has 0 atom stereocenters. The molecule has 0 saturated carbocycles. The Balaban J connectivity index is 2.59. The highest BCUT2D eigenvalue weighted by Gasteiger charge is 2.11. The maximum Gasteiger partial charge on any atom is 0.113 e. The van der Waals surface area contributed by atoms with Gasteiger partial charge >= 0.3 is 0 Å². The van der Waals surface area contributed by atoms with E-state index in [4.69, 9.17) is 17.3 Å². The van der Waals surface area contributed by atoms with Crippen LogP contribution in [-0.4, -0.2) is 9.38 Å². The minimum absolute atomic E-state index is 0.462. The molecule has 2 aromatic rings. The molecule has 4 heteroatoms. The zero-order valence-electron chi connectivity index (χ0n) is 9.57. The maximum atomic E-state index is 6.00. The zero-order chi connectivity index (χ0) is 11.7. The van der Waals surface area contributed by atoms with E-state index in [9.17, 15) is 0 Å². The summed E-state index contributed by atoms with van der Waals surface area (Å²) in [6.07, 6.45) is 2.84. The molecule has 2 N–H and O–H groups in total. The first-order valence-electron chi connectivity index (χ1n) is 5.47. The molecular weight excluding hydrogens is 222 g/mol. The first-order chi connectivity index (χ1) is 7.61. The Morgan fingerprint density at radius 2 is 2.19 bits per heavy atom. The largest absolute Gasteiger partial charge is 0.325 e. The molecule has 0 aromatic carbocycles. The molecule has 16 heavy (non-hydrogen) atoms. The molecule has 2 aromatic heterocycles. The fraction of sp³-hybridized carbons (Fsp3) is 0.417. The topological polar surface area (TPSA) is 43.3 Å². The number of aromatic nitrogens is 2. The highest BCUT2D eigenvalue weighted by Crippen LogP contribution is 2.19. The van der Waals surface area contributed by atoms with Crippen LogP contribution in [0.1, 0.15) is 25.4 Å². The van der Waals surface area contributed by atoms with Crippen LogP contribution in [0.2, 0.25) is 5.02 Å². The maximum absolute atomic E-state index is 6.00. The summed E-state index contributed by atoms with van der Waals surface area (Å²) in [5, 5.41) is 0.721. The monoisotopic (exact) mass is 237 g/mol. The number of hydrogen-bond acceptors (Lipinski definition) is 2. The second-order valence-corrected chi connectivity index (χ2v) is 4.82. The molecule has 0 aliphatic carbocycles. The molecular formula is C12H16ClN3. The molecule has 86 valence electrons. The normalized spacial score (nSPS) is 11.6. The molecule has 0 unspecified atom stereocenters. The summed E-state index contributed by atoms with van der Waals surface area (Å²) < 4.78 is 2.05. The molecule has 2 heterocycles. The minimum atomic E-state index is 0.462. The van der Waals surface area contributed by atoms with Crippen molar-refractivity contribution in [2.24, 2.45) is 11.7 Å². The van der Waals surface area contributed by atoms with Gasteiger partial charge in [-0.15, -0.1) is 0 Å². The summed E-state index contributed by atoms with van der Waals surface area (Å²) in [6.45, 7) is 4.81. The van der Waals surface area contributed by atoms with Gasteiger partial charge in [0.2, 0.25) is 0 Å². The molecule has 2 rings (SSSR count). The van der Waals surface area contributed by atoms with E-state index < -0.39 is 0 Å². The van der Waals surface area contributed by atoms with Crippen LogP contribution in [0, 0.1) is 5.92 Å². The van der Waals surface area contributed by atoms with Crippen molar-refractivity contribution < 1.29 is 0 Å². The van der Waals surface area contributed by atoms with Gasteiger partial charge in [-0.25, -0.2) is 4.98 Å². The van der Waals surface area contributed by atoms with E-state index in [0.29, 0.717) is 12.5 Å². The molecule has 0 spiro atoms. The lowest BCUT2D eigenvalue weighted by Gasteiger charge is -2.04. The van der Waals surface area contributed by atoms with Gasteiger partial charge < -0.3 is 10.1 Å². The standard InChI is InChI=1S/C12H16ClN3/c1-8(2)5-12-15-10(6-14)11-4-3-9(13)7-16(11)12/h3-4,7-8H,5-6,14H2,1-2H3. The van der Waals surface area contributed by atoms with Crippen molar-refractivity contribution in [2.75, 3.05) is 0 Å². The summed E-state index contributed by atoms with van der Waals surface area (Å²) in [7, 11) is 0. The lowest BCUT2D eigenvalue weighted by atomic mass is 10.1. The number of rotatable bonds is 3. The van der Waals surface area contributed by atoms with Crippen LogP contribution in [-0.2, 0) is 13.0 Å². The Hall–Kier alpha value is -1.06. The van der Waals surface area contributed by atoms with Crippen LogP contribution in [0.15, 0.2) is 18.3 Å². The predicted octanol–water partition coefficient (Wildman–Crippen LogP) is 2.64. The Bertz CT molecular complexity index is 502. The number of fused-ring (bicyclic) bond motifs is 1. The molecule has 0 bridgehead atoms. The second-order valence-electron chi connectivity index (χ2n) is 4.38. The van der Waals surface area contributed by atoms with Crippen molar-refractivity contribution in [3.05, 3.63) is 34.9 Å². The summed E-state index contributed by atoms with van der Waals surface area (Å²) in [5.41, 5.74) is 7.68. The van der Waals surface area contributed by atoms with Crippen LogP contribution in [0.3, 0.4) is 0 Å². The van der Waals surface area contributed by atoms with E-state index in [1.807, 2.05) is 22.7 Å². The lowest BCUT2D eigenvalue weighted by Crippen LogP contribution is -2.00. The SMILES string of the molecule is CC(C)Cc1nc(CN)c2ccc(Cl)cn12. The van der Waals surface area contributed by atoms with Gasteiger partial charge in [0.05, 0.1) is 16.2 Å². The summed E-state index contributed by atoms with van der Waals surface area (Å²) in [4.78, 5) is 4.57. The molecule has 0 saturated heterocycles. The van der Waals surface area contributed by atoms with Gasteiger partial charge in [-0.2, -0.15) is 0 Å². The Morgan fingerprint density at radius 3 is 2.81 bits per heavy atom. The van der Waals surface area contributed by atoms with Crippen LogP contribution in [0.5, 0.6) is 0 Å². The van der Waals surface area contributed by atoms with E-state index >= 15 is 0 Å². The summed E-state index contributed by atoms with van der Waals surface area (Å²) >= 11 is 6.00. The molecule has 3 nitrogen and oxygen atoms in total. The average Bonchev–Trinajstić information content (AvgIpc) is 2.55. The first-order valence-corrected chi connectivity index (χ1v) is 5.85. The number of pyridine rings is 1. The highest BCUT2D eigenvalue weighted by atomic mass is 35.5. The predicted molar refractivity (Wildman–Crippen MR) is 66.6 cm³/mol. The molecule has 0 aliphatic rings. The Kier molecular flexibility index (Phi) is 3.17. The fourth-order valence-corrected chi connectivity index (χ4v) is 2.01. The number of nitrogens with two attached hydrogens (primary N) is 1. The summed E-state index contributed by atoms with van der Waals surface area (Å²) in [5.74, 6) is 1.60. The zero-order valence-corrected chi connectivity index (χ0v) is 10.3. The van der Waals surface area contributed by atoms with E-state index in [1.165, 1.54) is 0 Å². The molecule has 0 aliphatic heterocycles. The number of hydrogen-bond donors (Lipinski definition) is 1. The van der Waals surface area contributed by atoms with Crippen molar-refractivity contribution >= 4 is 17.1 Å². The van der Waals surface area contributed by atoms with Crippen molar-refractivity contribution in [1.82, 2.24) is 9.38 Å². The third kappa shape index (κ3) is 2.06. The lowest BCUT2D eigenvalue weighted by molar-refractivity contribution is 0.618. The number of imidazole rings is 1. The third-order valence-corrected chi connectivity index (χ3v) is 2.76. The van der Waals surface area contributed by atoms with Crippen molar-refractivity contribution in [2.45, 2.75) is 26.8 Å². The van der Waals surface area contributed by atoms with E-state index in [0.717, 1.165) is 28.5 Å². The second kappa shape index (κ2) is 4.44. The summed E-state index contributed by atoms with van der Waals surface area (Å²) in [6, 6.07) is 3.85. The van der Waals surface area contributed by atoms with Gasteiger partial charge in [0.25, 0.3) is 0 Å². The van der Waals surface area contributed by atoms with Gasteiger partial charge in [-0.3, -0.25) is 0 Å². The van der Waals surface area contributed by atoms with Gasteiger partial charge in [0, 0.05) is 19.2 Å². The Labute approximate surface area is 100 Å². The van der Waals surface area contributed by atoms with Crippen LogP contribution in [0.4, 0.5) is 0 Å². The fourth-order valence-electron chi connectivity index (χ4n) is 1.85. The third-order valence-electron chi connectivity index (χ3n) is 2.53.